The number of urea groups is 1. The van der Waals surface area contributed by atoms with Crippen LogP contribution in [0.15, 0.2) is 36.7 Å². The highest BCUT2D eigenvalue weighted by Crippen LogP contribution is 2.23. The Labute approximate surface area is 131 Å². The number of anilines is 1. The van der Waals surface area contributed by atoms with Gasteiger partial charge >= 0.3 is 6.03 Å². The Morgan fingerprint density at radius 2 is 1.95 bits per heavy atom. The van der Waals surface area contributed by atoms with Gasteiger partial charge in [-0.3, -0.25) is 10.3 Å². The van der Waals surface area contributed by atoms with Crippen LogP contribution in [-0.4, -0.2) is 27.9 Å². The van der Waals surface area contributed by atoms with Crippen LogP contribution in [-0.2, 0) is 0 Å². The summed E-state index contributed by atoms with van der Waals surface area (Å²) in [6.07, 6.45) is 4.32. The molecule has 0 aliphatic carbocycles. The third kappa shape index (κ3) is 3.81. The monoisotopic (exact) mass is 298 g/mol. The molecule has 116 valence electrons. The summed E-state index contributed by atoms with van der Waals surface area (Å²) in [5, 5.41) is 2.87. The second-order valence-corrected chi connectivity index (χ2v) is 5.42. The molecule has 0 fully saturated rings. The fourth-order valence-electron chi connectivity index (χ4n) is 2.56. The number of pyridine rings is 2. The lowest BCUT2D eigenvalue weighted by Crippen LogP contribution is -2.35. The minimum atomic E-state index is -0.166. The van der Waals surface area contributed by atoms with E-state index in [-0.39, 0.29) is 12.1 Å². The molecule has 2 rings (SSSR count). The van der Waals surface area contributed by atoms with Crippen LogP contribution in [0.25, 0.3) is 0 Å². The highest BCUT2D eigenvalue weighted by atomic mass is 16.2. The Morgan fingerprint density at radius 1 is 1.27 bits per heavy atom. The van der Waals surface area contributed by atoms with Gasteiger partial charge in [-0.2, -0.15) is 0 Å². The molecule has 2 amide bonds. The lowest BCUT2D eigenvalue weighted by atomic mass is 10.1. The Hall–Kier alpha value is -2.43. The van der Waals surface area contributed by atoms with E-state index in [0.717, 1.165) is 23.2 Å². The summed E-state index contributed by atoms with van der Waals surface area (Å²) in [5.74, 6) is 0.582. The number of carbonyl (C=O) groups excluding carboxylic acids is 1. The van der Waals surface area contributed by atoms with E-state index in [4.69, 9.17) is 0 Å². The first-order chi connectivity index (χ1) is 10.5. The number of hydrogen-bond donors (Lipinski definition) is 1. The van der Waals surface area contributed by atoms with Crippen molar-refractivity contribution in [3.05, 3.63) is 53.5 Å². The number of carbonyl (C=O) groups is 1. The van der Waals surface area contributed by atoms with Gasteiger partial charge in [0.2, 0.25) is 0 Å². The Kier molecular flexibility index (Phi) is 5.09. The van der Waals surface area contributed by atoms with Gasteiger partial charge in [0.15, 0.2) is 0 Å². The molecule has 0 radical (unpaired) electrons. The van der Waals surface area contributed by atoms with Crippen molar-refractivity contribution in [1.29, 1.82) is 0 Å². The van der Waals surface area contributed by atoms with Gasteiger partial charge < -0.3 is 4.90 Å². The minimum Gasteiger partial charge on any atom is -0.321 e. The van der Waals surface area contributed by atoms with Crippen LogP contribution in [0.3, 0.4) is 0 Å². The zero-order chi connectivity index (χ0) is 16.1. The maximum Gasteiger partial charge on any atom is 0.323 e. The third-order valence-corrected chi connectivity index (χ3v) is 3.60. The summed E-state index contributed by atoms with van der Waals surface area (Å²) in [7, 11) is 1.80. The summed E-state index contributed by atoms with van der Waals surface area (Å²) in [4.78, 5) is 22.5. The maximum atomic E-state index is 12.5. The number of nitrogens with one attached hydrogen (secondary N) is 1. The van der Waals surface area contributed by atoms with Crippen LogP contribution in [0.4, 0.5) is 10.6 Å². The van der Waals surface area contributed by atoms with Crippen LogP contribution in [0.1, 0.15) is 36.2 Å². The summed E-state index contributed by atoms with van der Waals surface area (Å²) in [6.45, 7) is 5.96. The summed E-state index contributed by atoms with van der Waals surface area (Å²) in [5.41, 5.74) is 3.04. The molecule has 0 aromatic carbocycles. The summed E-state index contributed by atoms with van der Waals surface area (Å²) >= 11 is 0. The SMILES string of the molecule is CC[C@@H](c1ccncc1)N(C)C(=O)Nc1cc(C)cc(C)n1. The molecule has 1 N–H and O–H groups in total. The minimum absolute atomic E-state index is 0.00825. The topological polar surface area (TPSA) is 58.1 Å². The van der Waals surface area contributed by atoms with Crippen molar-refractivity contribution in [2.75, 3.05) is 12.4 Å². The van der Waals surface area contributed by atoms with Gasteiger partial charge in [-0.15, -0.1) is 0 Å². The van der Waals surface area contributed by atoms with Crippen molar-refractivity contribution in [3.8, 4) is 0 Å². The Morgan fingerprint density at radius 3 is 2.55 bits per heavy atom. The van der Waals surface area contributed by atoms with Crippen molar-refractivity contribution in [3.63, 3.8) is 0 Å². The fourth-order valence-corrected chi connectivity index (χ4v) is 2.56. The van der Waals surface area contributed by atoms with Crippen LogP contribution >= 0.6 is 0 Å². The van der Waals surface area contributed by atoms with E-state index in [1.165, 1.54) is 0 Å². The zero-order valence-corrected chi connectivity index (χ0v) is 13.5. The molecule has 0 aliphatic heterocycles. The van der Waals surface area contributed by atoms with Crippen LogP contribution < -0.4 is 5.32 Å². The standard InChI is InChI=1S/C17H22N4O/c1-5-15(14-6-8-18-9-7-14)21(4)17(22)20-16-11-12(2)10-13(3)19-16/h6-11,15H,5H2,1-4H3,(H,19,20,22)/t15-/m0/s1. The highest BCUT2D eigenvalue weighted by Gasteiger charge is 2.20. The van der Waals surface area contributed by atoms with Crippen molar-refractivity contribution < 1.29 is 4.79 Å². The quantitative estimate of drug-likeness (QED) is 0.936. The van der Waals surface area contributed by atoms with Gasteiger partial charge in [0.05, 0.1) is 6.04 Å². The van der Waals surface area contributed by atoms with Crippen LogP contribution in [0.5, 0.6) is 0 Å². The molecule has 2 aromatic heterocycles. The first-order valence-electron chi connectivity index (χ1n) is 7.40. The van der Waals surface area contributed by atoms with E-state index in [1.54, 1.807) is 24.3 Å². The van der Waals surface area contributed by atoms with Gasteiger partial charge in [0.1, 0.15) is 5.82 Å². The Bertz CT molecular complexity index is 622. The number of amides is 2. The lowest BCUT2D eigenvalue weighted by Gasteiger charge is -2.27. The van der Waals surface area contributed by atoms with Crippen LogP contribution in [0, 0.1) is 13.8 Å². The van der Waals surface area contributed by atoms with Crippen molar-refractivity contribution in [2.24, 2.45) is 0 Å². The second kappa shape index (κ2) is 7.02. The van der Waals surface area contributed by atoms with Crippen molar-refractivity contribution in [2.45, 2.75) is 33.2 Å². The first-order valence-corrected chi connectivity index (χ1v) is 7.40. The van der Waals surface area contributed by atoms with E-state index in [0.29, 0.717) is 5.82 Å². The largest absolute Gasteiger partial charge is 0.323 e. The number of hydrogen-bond acceptors (Lipinski definition) is 3. The van der Waals surface area contributed by atoms with Gasteiger partial charge in [-0.1, -0.05) is 6.92 Å². The average molecular weight is 298 g/mol. The molecular formula is C17H22N4O. The molecule has 22 heavy (non-hydrogen) atoms. The molecule has 5 nitrogen and oxygen atoms in total. The molecule has 0 bridgehead atoms. The molecule has 0 saturated heterocycles. The smallest absolute Gasteiger partial charge is 0.321 e. The van der Waals surface area contributed by atoms with E-state index >= 15 is 0 Å². The predicted octanol–water partition coefficient (Wildman–Crippen LogP) is 3.71. The molecule has 1 atom stereocenters. The van der Waals surface area contributed by atoms with Gasteiger partial charge in [0, 0.05) is 25.1 Å². The van der Waals surface area contributed by atoms with E-state index in [1.807, 2.05) is 38.1 Å². The third-order valence-electron chi connectivity index (χ3n) is 3.60. The summed E-state index contributed by atoms with van der Waals surface area (Å²) in [6, 6.07) is 7.56. The molecule has 5 heteroatoms. The molecule has 2 heterocycles. The van der Waals surface area contributed by atoms with Gasteiger partial charge in [-0.25, -0.2) is 9.78 Å². The Balaban J connectivity index is 2.14. The predicted molar refractivity (Wildman–Crippen MR) is 87.8 cm³/mol. The van der Waals surface area contributed by atoms with E-state index in [9.17, 15) is 4.79 Å². The second-order valence-electron chi connectivity index (χ2n) is 5.42. The van der Waals surface area contributed by atoms with E-state index < -0.39 is 0 Å². The molecule has 0 aliphatic rings. The van der Waals surface area contributed by atoms with Crippen molar-refractivity contribution in [1.82, 2.24) is 14.9 Å². The number of aryl methyl sites for hydroxylation is 2. The fraction of sp³-hybridized carbons (Fsp3) is 0.353. The number of nitrogens with zero attached hydrogens (tertiary/aromatic N) is 3. The van der Waals surface area contributed by atoms with Gasteiger partial charge in [0.25, 0.3) is 0 Å². The molecule has 0 unspecified atom stereocenters. The van der Waals surface area contributed by atoms with Crippen LogP contribution in [0.2, 0.25) is 0 Å². The number of rotatable bonds is 4. The molecule has 2 aromatic rings. The normalized spacial score (nSPS) is 11.8. The molecule has 0 saturated carbocycles. The average Bonchev–Trinajstić information content (AvgIpc) is 2.47. The van der Waals surface area contributed by atoms with Gasteiger partial charge in [-0.05, 0) is 55.7 Å². The molecule has 0 spiro atoms. The van der Waals surface area contributed by atoms with E-state index in [2.05, 4.69) is 22.2 Å². The maximum absolute atomic E-state index is 12.5. The lowest BCUT2D eigenvalue weighted by molar-refractivity contribution is 0.202. The highest BCUT2D eigenvalue weighted by molar-refractivity contribution is 5.88. The number of aromatic nitrogens is 2. The first kappa shape index (κ1) is 15.9. The van der Waals surface area contributed by atoms with Crippen molar-refractivity contribution >= 4 is 11.8 Å². The molecular weight excluding hydrogens is 276 g/mol. The summed E-state index contributed by atoms with van der Waals surface area (Å²) < 4.78 is 0. The zero-order valence-electron chi connectivity index (χ0n) is 13.5.